The molecule has 1 unspecified atom stereocenters. The van der Waals surface area contributed by atoms with Crippen molar-refractivity contribution in [2.75, 3.05) is 0 Å². The topological polar surface area (TPSA) is 85.2 Å². The van der Waals surface area contributed by atoms with E-state index in [0.29, 0.717) is 17.4 Å². The number of benzene rings is 1. The lowest BCUT2D eigenvalue weighted by atomic mass is 10.0. The summed E-state index contributed by atoms with van der Waals surface area (Å²) in [5, 5.41) is 12.9. The molecule has 6 heteroatoms. The van der Waals surface area contributed by atoms with Gasteiger partial charge in [-0.15, -0.1) is 0 Å². The summed E-state index contributed by atoms with van der Waals surface area (Å²) >= 11 is 0. The Labute approximate surface area is 110 Å². The minimum atomic E-state index is -0.727. The number of halogens is 1. The highest BCUT2D eigenvalue weighted by Gasteiger charge is 2.17. The molecule has 0 bridgehead atoms. The van der Waals surface area contributed by atoms with Crippen molar-refractivity contribution < 1.29 is 14.0 Å². The molecule has 3 N–H and O–H groups in total. The molecule has 0 radical (unpaired) electrons. The molecule has 0 spiro atoms. The monoisotopic (exact) mass is 265 g/mol. The summed E-state index contributed by atoms with van der Waals surface area (Å²) in [5.41, 5.74) is 6.36. The first-order chi connectivity index (χ1) is 8.97. The molecule has 1 heterocycles. The van der Waals surface area contributed by atoms with E-state index in [1.807, 2.05) is 13.8 Å². The zero-order chi connectivity index (χ0) is 14.0. The number of hydrogen-bond donors (Lipinski definition) is 2. The van der Waals surface area contributed by atoms with Gasteiger partial charge in [0.1, 0.15) is 0 Å². The van der Waals surface area contributed by atoms with Gasteiger partial charge in [-0.05, 0) is 30.5 Å². The summed E-state index contributed by atoms with van der Waals surface area (Å²) in [5.74, 6) is -0.138. The van der Waals surface area contributed by atoms with Crippen molar-refractivity contribution in [3.05, 3.63) is 29.9 Å². The van der Waals surface area contributed by atoms with Crippen molar-refractivity contribution in [1.82, 2.24) is 10.1 Å². The maximum absolute atomic E-state index is 13.2. The zero-order valence-electron chi connectivity index (χ0n) is 10.8. The molecule has 19 heavy (non-hydrogen) atoms. The van der Waals surface area contributed by atoms with Gasteiger partial charge in [0, 0.05) is 5.56 Å². The fraction of sp³-hybridized carbons (Fsp3) is 0.385. The van der Waals surface area contributed by atoms with Gasteiger partial charge in [-0.2, -0.15) is 4.98 Å². The molecule has 0 saturated carbocycles. The number of aromatic hydroxyl groups is 1. The SMILES string of the molecule is CC(C)CC(N)c1nc(-c2ccc(O)c(F)c2)no1. The van der Waals surface area contributed by atoms with Crippen molar-refractivity contribution in [3.8, 4) is 17.1 Å². The van der Waals surface area contributed by atoms with Crippen LogP contribution in [0.1, 0.15) is 32.2 Å². The van der Waals surface area contributed by atoms with Gasteiger partial charge in [0.25, 0.3) is 0 Å². The van der Waals surface area contributed by atoms with Crippen LogP contribution in [0, 0.1) is 11.7 Å². The van der Waals surface area contributed by atoms with Crippen molar-refractivity contribution in [3.63, 3.8) is 0 Å². The third-order valence-corrected chi connectivity index (χ3v) is 2.69. The molecule has 2 rings (SSSR count). The maximum Gasteiger partial charge on any atom is 0.243 e. The summed E-state index contributed by atoms with van der Waals surface area (Å²) < 4.78 is 18.3. The predicted molar refractivity (Wildman–Crippen MR) is 67.7 cm³/mol. The minimum Gasteiger partial charge on any atom is -0.505 e. The Morgan fingerprint density at radius 3 is 2.79 bits per heavy atom. The molecule has 0 aliphatic heterocycles. The van der Waals surface area contributed by atoms with Crippen molar-refractivity contribution >= 4 is 0 Å². The normalized spacial score (nSPS) is 12.9. The lowest BCUT2D eigenvalue weighted by Gasteiger charge is -2.08. The van der Waals surface area contributed by atoms with Crippen LogP contribution in [0.4, 0.5) is 4.39 Å². The summed E-state index contributed by atoms with van der Waals surface area (Å²) in [4.78, 5) is 4.15. The molecule has 1 atom stereocenters. The van der Waals surface area contributed by atoms with Crippen LogP contribution in [0.25, 0.3) is 11.4 Å². The molecule has 5 nitrogen and oxygen atoms in total. The first kappa shape index (κ1) is 13.5. The van der Waals surface area contributed by atoms with Gasteiger partial charge in [-0.25, -0.2) is 4.39 Å². The second-order valence-corrected chi connectivity index (χ2v) is 4.86. The summed E-state index contributed by atoms with van der Waals surface area (Å²) in [6.45, 7) is 4.10. The van der Waals surface area contributed by atoms with E-state index in [2.05, 4.69) is 10.1 Å². The van der Waals surface area contributed by atoms with E-state index in [1.54, 1.807) is 0 Å². The zero-order valence-corrected chi connectivity index (χ0v) is 10.8. The second kappa shape index (κ2) is 5.36. The van der Waals surface area contributed by atoms with Crippen molar-refractivity contribution in [2.24, 2.45) is 11.7 Å². The lowest BCUT2D eigenvalue weighted by Crippen LogP contribution is -2.13. The van der Waals surface area contributed by atoms with E-state index in [4.69, 9.17) is 15.4 Å². The highest BCUT2D eigenvalue weighted by atomic mass is 19.1. The van der Waals surface area contributed by atoms with Gasteiger partial charge in [0.05, 0.1) is 6.04 Å². The van der Waals surface area contributed by atoms with E-state index in [-0.39, 0.29) is 11.9 Å². The standard InChI is InChI=1S/C13H16FN3O2/c1-7(2)5-10(15)13-16-12(17-19-13)8-3-4-11(18)9(14)6-8/h3-4,6-7,10,18H,5,15H2,1-2H3. The number of hydrogen-bond acceptors (Lipinski definition) is 5. The first-order valence-electron chi connectivity index (χ1n) is 6.05. The number of phenols is 1. The second-order valence-electron chi connectivity index (χ2n) is 4.86. The quantitative estimate of drug-likeness (QED) is 0.887. The first-order valence-corrected chi connectivity index (χ1v) is 6.05. The Balaban J connectivity index is 2.22. The van der Waals surface area contributed by atoms with Crippen molar-refractivity contribution in [1.29, 1.82) is 0 Å². The fourth-order valence-corrected chi connectivity index (χ4v) is 1.76. The van der Waals surface area contributed by atoms with Gasteiger partial charge < -0.3 is 15.4 Å². The third kappa shape index (κ3) is 3.08. The molecule has 0 amide bonds. The Bertz CT molecular complexity index is 569. The van der Waals surface area contributed by atoms with Crippen LogP contribution in [0.15, 0.2) is 22.7 Å². The summed E-state index contributed by atoms with van der Waals surface area (Å²) in [6, 6.07) is 3.58. The van der Waals surface area contributed by atoms with E-state index in [1.165, 1.54) is 12.1 Å². The lowest BCUT2D eigenvalue weighted by molar-refractivity contribution is 0.335. The third-order valence-electron chi connectivity index (χ3n) is 2.69. The number of rotatable bonds is 4. The van der Waals surface area contributed by atoms with Crippen molar-refractivity contribution in [2.45, 2.75) is 26.3 Å². The molecule has 1 aromatic heterocycles. The minimum absolute atomic E-state index is 0.258. The number of aromatic nitrogens is 2. The van der Waals surface area contributed by atoms with Gasteiger partial charge in [0.15, 0.2) is 11.6 Å². The molecule has 0 aliphatic carbocycles. The average Bonchev–Trinajstić information content (AvgIpc) is 2.81. The van der Waals surface area contributed by atoms with E-state index in [9.17, 15) is 4.39 Å². The molecule has 0 aliphatic rings. The van der Waals surface area contributed by atoms with Gasteiger partial charge in [-0.3, -0.25) is 0 Å². The van der Waals surface area contributed by atoms with Gasteiger partial charge >= 0.3 is 0 Å². The molecular weight excluding hydrogens is 249 g/mol. The Morgan fingerprint density at radius 2 is 2.16 bits per heavy atom. The smallest absolute Gasteiger partial charge is 0.243 e. The molecule has 2 aromatic rings. The number of nitrogens with two attached hydrogens (primary N) is 1. The van der Waals surface area contributed by atoms with E-state index >= 15 is 0 Å². The number of nitrogens with zero attached hydrogens (tertiary/aromatic N) is 2. The largest absolute Gasteiger partial charge is 0.505 e. The molecule has 1 aromatic carbocycles. The highest BCUT2D eigenvalue weighted by molar-refractivity contribution is 5.55. The van der Waals surface area contributed by atoms with Crippen LogP contribution in [-0.2, 0) is 0 Å². The van der Waals surface area contributed by atoms with Crippen LogP contribution in [0.3, 0.4) is 0 Å². The summed E-state index contributed by atoms with van der Waals surface area (Å²) in [6.07, 6.45) is 0.728. The van der Waals surface area contributed by atoms with Crippen LogP contribution in [-0.4, -0.2) is 15.2 Å². The van der Waals surface area contributed by atoms with Crippen LogP contribution >= 0.6 is 0 Å². The van der Waals surface area contributed by atoms with E-state index < -0.39 is 11.6 Å². The van der Waals surface area contributed by atoms with Crippen LogP contribution in [0.5, 0.6) is 5.75 Å². The predicted octanol–water partition coefficient (Wildman–Crippen LogP) is 2.63. The molecule has 102 valence electrons. The summed E-state index contributed by atoms with van der Waals surface area (Å²) in [7, 11) is 0. The van der Waals surface area contributed by atoms with Crippen LogP contribution < -0.4 is 5.73 Å². The van der Waals surface area contributed by atoms with Crippen LogP contribution in [0.2, 0.25) is 0 Å². The molecule has 0 fully saturated rings. The Morgan fingerprint density at radius 1 is 1.42 bits per heavy atom. The number of phenolic OH excluding ortho intramolecular Hbond substituents is 1. The highest BCUT2D eigenvalue weighted by Crippen LogP contribution is 2.24. The van der Waals surface area contributed by atoms with E-state index in [0.717, 1.165) is 12.5 Å². The molecule has 0 saturated heterocycles. The van der Waals surface area contributed by atoms with Gasteiger partial charge in [-0.1, -0.05) is 19.0 Å². The van der Waals surface area contributed by atoms with Gasteiger partial charge in [0.2, 0.25) is 11.7 Å². The molecular formula is C13H16FN3O2. The average molecular weight is 265 g/mol. The Kier molecular flexibility index (Phi) is 3.80. The Hall–Kier alpha value is -1.95. The fourth-order valence-electron chi connectivity index (χ4n) is 1.76. The maximum atomic E-state index is 13.2.